The number of sulfonamides is 1. The highest BCUT2D eigenvalue weighted by atomic mass is 35.5. The highest BCUT2D eigenvalue weighted by molar-refractivity contribution is 7.92. The van der Waals surface area contributed by atoms with Gasteiger partial charge in [0.15, 0.2) is 0 Å². The summed E-state index contributed by atoms with van der Waals surface area (Å²) in [6, 6.07) is 18.0. The molecule has 0 heterocycles. The van der Waals surface area contributed by atoms with Crippen LogP contribution in [0.5, 0.6) is 11.5 Å². The van der Waals surface area contributed by atoms with Gasteiger partial charge in [-0.25, -0.2) is 13.8 Å². The van der Waals surface area contributed by atoms with Crippen molar-refractivity contribution in [2.24, 2.45) is 5.10 Å². The maximum absolute atomic E-state index is 13.6. The van der Waals surface area contributed by atoms with Crippen LogP contribution in [0.1, 0.15) is 18.1 Å². The molecule has 0 aliphatic carbocycles. The minimum Gasteiger partial charge on any atom is -0.497 e. The molecule has 3 aromatic rings. The van der Waals surface area contributed by atoms with Crippen molar-refractivity contribution in [3.05, 3.63) is 82.9 Å². The fourth-order valence-electron chi connectivity index (χ4n) is 3.20. The molecular formula is C25H26ClN3O5S. The van der Waals surface area contributed by atoms with Crippen molar-refractivity contribution in [3.8, 4) is 11.5 Å². The van der Waals surface area contributed by atoms with Gasteiger partial charge in [0, 0.05) is 5.02 Å². The van der Waals surface area contributed by atoms with E-state index in [1.54, 1.807) is 62.6 Å². The average molecular weight is 516 g/mol. The van der Waals surface area contributed by atoms with Gasteiger partial charge in [-0.15, -0.1) is 0 Å². The van der Waals surface area contributed by atoms with Crippen LogP contribution in [0.4, 0.5) is 5.69 Å². The number of anilines is 1. The number of nitrogens with one attached hydrogen (secondary N) is 1. The van der Waals surface area contributed by atoms with Crippen LogP contribution in [0, 0.1) is 6.92 Å². The van der Waals surface area contributed by atoms with Crippen molar-refractivity contribution in [2.45, 2.75) is 18.7 Å². The summed E-state index contributed by atoms with van der Waals surface area (Å²) in [7, 11) is -1.16. The number of rotatable bonds is 9. The summed E-state index contributed by atoms with van der Waals surface area (Å²) in [6.45, 7) is 3.03. The van der Waals surface area contributed by atoms with Crippen LogP contribution in [-0.2, 0) is 14.8 Å². The van der Waals surface area contributed by atoms with Crippen molar-refractivity contribution in [3.63, 3.8) is 0 Å². The quantitative estimate of drug-likeness (QED) is 0.336. The number of carbonyl (C=O) groups excluding carboxylic acids is 1. The van der Waals surface area contributed by atoms with E-state index in [4.69, 9.17) is 21.1 Å². The third-order valence-electron chi connectivity index (χ3n) is 5.16. The molecule has 8 nitrogen and oxygen atoms in total. The van der Waals surface area contributed by atoms with E-state index in [-0.39, 0.29) is 16.3 Å². The van der Waals surface area contributed by atoms with Crippen LogP contribution < -0.4 is 19.2 Å². The Morgan fingerprint density at radius 1 is 1.00 bits per heavy atom. The van der Waals surface area contributed by atoms with Crippen molar-refractivity contribution < 1.29 is 22.7 Å². The van der Waals surface area contributed by atoms with E-state index in [1.807, 2.05) is 6.92 Å². The first kappa shape index (κ1) is 26.1. The number of hydrogen-bond donors (Lipinski definition) is 1. The van der Waals surface area contributed by atoms with Crippen molar-refractivity contribution in [1.82, 2.24) is 5.43 Å². The second-order valence-corrected chi connectivity index (χ2v) is 9.90. The third-order valence-corrected chi connectivity index (χ3v) is 7.17. The number of carbonyl (C=O) groups is 1. The Labute approximate surface area is 210 Å². The van der Waals surface area contributed by atoms with Gasteiger partial charge in [0.2, 0.25) is 0 Å². The normalized spacial score (nSPS) is 11.6. The van der Waals surface area contributed by atoms with Crippen molar-refractivity contribution >= 4 is 38.9 Å². The highest BCUT2D eigenvalue weighted by Crippen LogP contribution is 2.34. The lowest BCUT2D eigenvalue weighted by molar-refractivity contribution is -0.119. The van der Waals surface area contributed by atoms with E-state index in [9.17, 15) is 13.2 Å². The van der Waals surface area contributed by atoms with Crippen LogP contribution >= 0.6 is 11.6 Å². The molecule has 0 bridgehead atoms. The second-order valence-electron chi connectivity index (χ2n) is 7.60. The predicted octanol–water partition coefficient (Wildman–Crippen LogP) is 4.40. The number of hydrazone groups is 1. The number of benzene rings is 3. The van der Waals surface area contributed by atoms with Crippen LogP contribution in [0.3, 0.4) is 0 Å². The first-order valence-electron chi connectivity index (χ1n) is 10.6. The standard InChI is InChI=1S/C25H26ClN3O5S/c1-17-5-12-22(13-6-17)35(31,32)29(23-15-20(26)9-14-24(23)34-4)16-25(30)28-27-18(2)19-7-10-21(33-3)11-8-19/h5-15H,16H2,1-4H3,(H,28,30)/b27-18+. The zero-order valence-electron chi connectivity index (χ0n) is 19.8. The fraction of sp³-hybridized carbons (Fsp3) is 0.200. The van der Waals surface area contributed by atoms with Gasteiger partial charge in [0.05, 0.1) is 30.5 Å². The smallest absolute Gasteiger partial charge is 0.264 e. The SMILES string of the molecule is COc1ccc(/C(C)=N/NC(=O)CN(c2cc(Cl)ccc2OC)S(=O)(=O)c2ccc(C)cc2)cc1. The molecule has 0 aliphatic heterocycles. The second kappa shape index (κ2) is 11.2. The van der Waals surface area contributed by atoms with Gasteiger partial charge < -0.3 is 9.47 Å². The lowest BCUT2D eigenvalue weighted by atomic mass is 10.1. The zero-order valence-corrected chi connectivity index (χ0v) is 21.4. The maximum atomic E-state index is 13.6. The van der Waals surface area contributed by atoms with E-state index < -0.39 is 22.5 Å². The Bertz CT molecular complexity index is 1320. The van der Waals surface area contributed by atoms with Crippen LogP contribution in [-0.4, -0.2) is 40.8 Å². The molecule has 0 radical (unpaired) electrons. The monoisotopic (exact) mass is 515 g/mol. The molecule has 0 saturated heterocycles. The van der Waals surface area contributed by atoms with E-state index >= 15 is 0 Å². The Hall–Kier alpha value is -3.56. The Morgan fingerprint density at radius 3 is 2.26 bits per heavy atom. The minimum atomic E-state index is -4.14. The van der Waals surface area contributed by atoms with Gasteiger partial charge in [-0.2, -0.15) is 5.10 Å². The lowest BCUT2D eigenvalue weighted by Gasteiger charge is -2.25. The first-order valence-corrected chi connectivity index (χ1v) is 12.4. The molecule has 0 atom stereocenters. The summed E-state index contributed by atoms with van der Waals surface area (Å²) in [5.74, 6) is 0.296. The Balaban J connectivity index is 1.93. The van der Waals surface area contributed by atoms with Crippen LogP contribution in [0.15, 0.2) is 76.7 Å². The molecule has 0 fully saturated rings. The third kappa shape index (κ3) is 6.32. The van der Waals surface area contributed by atoms with Gasteiger partial charge in [-0.3, -0.25) is 9.10 Å². The molecule has 0 unspecified atom stereocenters. The highest BCUT2D eigenvalue weighted by Gasteiger charge is 2.29. The van der Waals surface area contributed by atoms with Gasteiger partial charge >= 0.3 is 0 Å². The molecule has 0 spiro atoms. The van der Waals surface area contributed by atoms with E-state index in [1.165, 1.54) is 25.3 Å². The number of nitrogens with zero attached hydrogens (tertiary/aromatic N) is 2. The number of methoxy groups -OCH3 is 2. The largest absolute Gasteiger partial charge is 0.497 e. The Morgan fingerprint density at radius 2 is 1.66 bits per heavy atom. The van der Waals surface area contributed by atoms with E-state index in [0.29, 0.717) is 16.5 Å². The summed E-state index contributed by atoms with van der Waals surface area (Å²) >= 11 is 6.16. The topological polar surface area (TPSA) is 97.3 Å². The molecule has 0 saturated carbocycles. The first-order chi connectivity index (χ1) is 16.6. The summed E-state index contributed by atoms with van der Waals surface area (Å²) in [6.07, 6.45) is 0. The molecule has 3 aromatic carbocycles. The number of ether oxygens (including phenoxy) is 2. The summed E-state index contributed by atoms with van der Waals surface area (Å²) in [5.41, 5.74) is 4.77. The summed E-state index contributed by atoms with van der Waals surface area (Å²) in [5, 5.41) is 4.41. The van der Waals surface area contributed by atoms with Crippen LogP contribution in [0.2, 0.25) is 5.02 Å². The molecule has 10 heteroatoms. The molecule has 35 heavy (non-hydrogen) atoms. The Kier molecular flexibility index (Phi) is 8.37. The lowest BCUT2D eigenvalue weighted by Crippen LogP contribution is -2.40. The van der Waals surface area contributed by atoms with Crippen molar-refractivity contribution in [2.75, 3.05) is 25.1 Å². The molecule has 3 rings (SSSR count). The van der Waals surface area contributed by atoms with Gasteiger partial charge in [0.1, 0.15) is 18.0 Å². The van der Waals surface area contributed by atoms with Gasteiger partial charge in [-0.1, -0.05) is 29.3 Å². The minimum absolute atomic E-state index is 0.0239. The fourth-order valence-corrected chi connectivity index (χ4v) is 4.79. The molecule has 1 N–H and O–H groups in total. The van der Waals surface area contributed by atoms with E-state index in [0.717, 1.165) is 15.4 Å². The molecular weight excluding hydrogens is 490 g/mol. The molecule has 0 aliphatic rings. The number of amides is 1. The molecule has 1 amide bonds. The number of hydrogen-bond acceptors (Lipinski definition) is 6. The summed E-state index contributed by atoms with van der Waals surface area (Å²) < 4.78 is 38.6. The summed E-state index contributed by atoms with van der Waals surface area (Å²) in [4.78, 5) is 12.9. The zero-order chi connectivity index (χ0) is 25.6. The number of aryl methyl sites for hydroxylation is 1. The predicted molar refractivity (Wildman–Crippen MR) is 137 cm³/mol. The van der Waals surface area contributed by atoms with Crippen LogP contribution in [0.25, 0.3) is 0 Å². The maximum Gasteiger partial charge on any atom is 0.264 e. The van der Waals surface area contributed by atoms with Gasteiger partial charge in [-0.05, 0) is 74.0 Å². The molecule has 0 aromatic heterocycles. The van der Waals surface area contributed by atoms with Gasteiger partial charge in [0.25, 0.3) is 15.9 Å². The van der Waals surface area contributed by atoms with Crippen molar-refractivity contribution in [1.29, 1.82) is 0 Å². The van der Waals surface area contributed by atoms with E-state index in [2.05, 4.69) is 10.5 Å². The molecule has 184 valence electrons. The average Bonchev–Trinajstić information content (AvgIpc) is 2.86. The number of halogens is 1.